The molecule has 3 heterocycles. The number of ether oxygens (including phenoxy) is 2. The molecule has 0 N–H and O–H groups in total. The number of fused-ring (bicyclic) bond motifs is 5. The van der Waals surface area contributed by atoms with Gasteiger partial charge >= 0.3 is 0 Å². The van der Waals surface area contributed by atoms with Crippen molar-refractivity contribution >= 4 is 0 Å². The summed E-state index contributed by atoms with van der Waals surface area (Å²) >= 11 is 0. The van der Waals surface area contributed by atoms with E-state index in [-0.39, 0.29) is 5.41 Å². The van der Waals surface area contributed by atoms with Gasteiger partial charge in [0.1, 0.15) is 0 Å². The lowest BCUT2D eigenvalue weighted by Crippen LogP contribution is -2.70. The Morgan fingerprint density at radius 2 is 1.41 bits per heavy atom. The maximum atomic E-state index is 6.90. The number of rotatable bonds is 1. The average Bonchev–Trinajstić information content (AvgIpc) is 3.30. The molecule has 3 saturated heterocycles. The van der Waals surface area contributed by atoms with Crippen molar-refractivity contribution in [3.8, 4) is 0 Å². The highest BCUT2D eigenvalue weighted by atomic mass is 17.3. The van der Waals surface area contributed by atoms with Crippen LogP contribution in [0.1, 0.15) is 113 Å². The third-order valence-electron chi connectivity index (χ3n) is 14.0. The van der Waals surface area contributed by atoms with Gasteiger partial charge in [-0.3, -0.25) is 0 Å². The highest BCUT2D eigenvalue weighted by molar-refractivity contribution is 5.21. The zero-order valence-corrected chi connectivity index (χ0v) is 22.8. The number of hydrogen-bond acceptors (Lipinski definition) is 4. The molecular weight excluding hydrogens is 424 g/mol. The van der Waals surface area contributed by atoms with Gasteiger partial charge in [-0.15, -0.1) is 0 Å². The van der Waals surface area contributed by atoms with Crippen LogP contribution in [0, 0.1) is 50.7 Å². The normalized spacial score (nSPS) is 61.4. The summed E-state index contributed by atoms with van der Waals surface area (Å²) in [6.07, 6.45) is 12.8. The fourth-order valence-electron chi connectivity index (χ4n) is 11.4. The van der Waals surface area contributed by atoms with Gasteiger partial charge in [0, 0.05) is 24.2 Å². The molecule has 0 radical (unpaired) electrons. The van der Waals surface area contributed by atoms with Crippen LogP contribution in [0.15, 0.2) is 0 Å². The molecule has 4 saturated carbocycles. The minimum absolute atomic E-state index is 0.0132. The highest BCUT2D eigenvalue weighted by Crippen LogP contribution is 2.78. The van der Waals surface area contributed by atoms with Gasteiger partial charge in [-0.1, -0.05) is 48.5 Å². The van der Waals surface area contributed by atoms with E-state index in [1.807, 2.05) is 0 Å². The van der Waals surface area contributed by atoms with Crippen molar-refractivity contribution in [2.24, 2.45) is 50.7 Å². The van der Waals surface area contributed by atoms with Crippen LogP contribution >= 0.6 is 0 Å². The molecule has 10 atom stereocenters. The summed E-state index contributed by atoms with van der Waals surface area (Å²) in [7, 11) is 0. The van der Waals surface area contributed by atoms with E-state index in [1.54, 1.807) is 0 Å². The molecule has 0 amide bonds. The minimum atomic E-state index is -0.562. The van der Waals surface area contributed by atoms with E-state index in [9.17, 15) is 0 Å². The van der Waals surface area contributed by atoms with Gasteiger partial charge < -0.3 is 9.47 Å². The summed E-state index contributed by atoms with van der Waals surface area (Å²) in [4.78, 5) is 12.4. The van der Waals surface area contributed by atoms with Gasteiger partial charge in [0.25, 0.3) is 0 Å². The van der Waals surface area contributed by atoms with E-state index in [1.165, 1.54) is 44.9 Å². The van der Waals surface area contributed by atoms with Crippen molar-refractivity contribution in [2.45, 2.75) is 130 Å². The van der Waals surface area contributed by atoms with Crippen molar-refractivity contribution in [3.63, 3.8) is 0 Å². The first-order valence-corrected chi connectivity index (χ1v) is 14.6. The molecule has 4 nitrogen and oxygen atoms in total. The third-order valence-corrected chi connectivity index (χ3v) is 14.0. The summed E-state index contributed by atoms with van der Waals surface area (Å²) < 4.78 is 13.6. The van der Waals surface area contributed by atoms with E-state index >= 15 is 0 Å². The Morgan fingerprint density at radius 3 is 2.18 bits per heavy atom. The minimum Gasteiger partial charge on any atom is -0.377 e. The Morgan fingerprint density at radius 1 is 0.706 bits per heavy atom. The monoisotopic (exact) mass is 472 g/mol. The van der Waals surface area contributed by atoms with Crippen molar-refractivity contribution in [3.05, 3.63) is 0 Å². The Balaban J connectivity index is 1.27. The lowest BCUT2D eigenvalue weighted by Gasteiger charge is -2.72. The van der Waals surface area contributed by atoms with Crippen LogP contribution in [0.25, 0.3) is 0 Å². The molecule has 34 heavy (non-hydrogen) atoms. The first-order valence-electron chi connectivity index (χ1n) is 14.6. The van der Waals surface area contributed by atoms with Crippen LogP contribution in [0.5, 0.6) is 0 Å². The smallest absolute Gasteiger partial charge is 0.210 e. The molecule has 4 bridgehead atoms. The Kier molecular flexibility index (Phi) is 4.36. The predicted octanol–water partition coefficient (Wildman–Crippen LogP) is 7.26. The van der Waals surface area contributed by atoms with E-state index in [4.69, 9.17) is 19.2 Å². The third kappa shape index (κ3) is 2.34. The van der Waals surface area contributed by atoms with Gasteiger partial charge in [-0.25, -0.2) is 0 Å². The zero-order valence-electron chi connectivity index (χ0n) is 22.8. The van der Waals surface area contributed by atoms with Crippen LogP contribution in [0.2, 0.25) is 0 Å². The van der Waals surface area contributed by atoms with Gasteiger partial charge in [0.05, 0.1) is 12.7 Å². The average molecular weight is 473 g/mol. The van der Waals surface area contributed by atoms with Crippen molar-refractivity contribution in [2.75, 3.05) is 6.61 Å². The largest absolute Gasteiger partial charge is 0.377 e. The summed E-state index contributed by atoms with van der Waals surface area (Å²) in [5, 5.41) is 0. The molecule has 7 fully saturated rings. The highest BCUT2D eigenvalue weighted by Gasteiger charge is 2.77. The van der Waals surface area contributed by atoms with Crippen LogP contribution < -0.4 is 0 Å². The summed E-state index contributed by atoms with van der Waals surface area (Å²) in [5.41, 5.74) is 1.46. The number of hydrogen-bond donors (Lipinski definition) is 0. The molecule has 192 valence electrons. The molecular formula is C30H48O4. The fourth-order valence-corrected chi connectivity index (χ4v) is 11.4. The lowest BCUT2D eigenvalue weighted by molar-refractivity contribution is -0.390. The predicted molar refractivity (Wildman–Crippen MR) is 130 cm³/mol. The zero-order chi connectivity index (χ0) is 24.0. The second-order valence-corrected chi connectivity index (χ2v) is 15.6. The van der Waals surface area contributed by atoms with E-state index in [2.05, 4.69) is 48.5 Å². The van der Waals surface area contributed by atoms with Crippen LogP contribution in [0.4, 0.5) is 0 Å². The van der Waals surface area contributed by atoms with Crippen LogP contribution in [-0.2, 0) is 19.2 Å². The fraction of sp³-hybridized carbons (Fsp3) is 1.00. The second-order valence-electron chi connectivity index (χ2n) is 15.6. The van der Waals surface area contributed by atoms with Gasteiger partial charge in [0.2, 0.25) is 11.6 Å². The SMILES string of the molecule is CC(C)[C@]12CC[C@]3(C)[C@H]4CC[C@@H]5[C@H]6[C@H]7OC[C@@]6(CCC7(C)C)CC[C@@]5(C)[C@]4(C)CC[C@]3(OO1)O2. The molecule has 0 aromatic carbocycles. The molecule has 0 aromatic rings. The van der Waals surface area contributed by atoms with E-state index < -0.39 is 11.6 Å². The summed E-state index contributed by atoms with van der Waals surface area (Å²) in [6, 6.07) is 0. The van der Waals surface area contributed by atoms with Crippen molar-refractivity contribution in [1.82, 2.24) is 0 Å². The lowest BCUT2D eigenvalue weighted by atomic mass is 9.33. The first kappa shape index (κ1) is 23.0. The molecule has 3 aliphatic heterocycles. The quantitative estimate of drug-likeness (QED) is 0.376. The van der Waals surface area contributed by atoms with Crippen molar-refractivity contribution in [1.29, 1.82) is 0 Å². The molecule has 0 unspecified atom stereocenters. The molecule has 0 aromatic heterocycles. The maximum absolute atomic E-state index is 6.90. The summed E-state index contributed by atoms with van der Waals surface area (Å²) in [5.74, 6) is 1.35. The Hall–Kier alpha value is -0.160. The Labute approximate surface area is 207 Å². The standard InChI is InChI=1S/C30H48O4/c1-19(2)29-16-12-27(7)21-9-8-20-22-23-24(3,4)10-14-28(22,18-31-23)15-11-25(20,5)26(21,6)13-17-30(27,32-29)34-33-29/h19-23H,8-18H2,1-7H3/t20-,21+,22+,23-,25-,26-,27-,28-,29+,30-/m1/s1. The molecule has 7 aliphatic rings. The van der Waals surface area contributed by atoms with Gasteiger partial charge in [-0.05, 0) is 90.8 Å². The summed E-state index contributed by atoms with van der Waals surface area (Å²) in [6.45, 7) is 18.3. The van der Waals surface area contributed by atoms with E-state index in [0.717, 1.165) is 37.7 Å². The Bertz CT molecular complexity index is 900. The topological polar surface area (TPSA) is 36.9 Å². The first-order chi connectivity index (χ1) is 15.9. The maximum Gasteiger partial charge on any atom is 0.210 e. The molecule has 7 rings (SSSR count). The van der Waals surface area contributed by atoms with Gasteiger partial charge in [0.15, 0.2) is 0 Å². The second kappa shape index (κ2) is 6.45. The molecule has 4 aliphatic carbocycles. The molecule has 4 heteroatoms. The van der Waals surface area contributed by atoms with Crippen molar-refractivity contribution < 1.29 is 19.2 Å². The van der Waals surface area contributed by atoms with Crippen LogP contribution in [-0.4, -0.2) is 24.3 Å². The van der Waals surface area contributed by atoms with E-state index in [0.29, 0.717) is 39.6 Å². The van der Waals surface area contributed by atoms with Gasteiger partial charge in [-0.2, -0.15) is 9.78 Å². The van der Waals surface area contributed by atoms with Crippen LogP contribution in [0.3, 0.4) is 0 Å². The molecule has 1 spiro atoms.